The van der Waals surface area contributed by atoms with Gasteiger partial charge in [-0.3, -0.25) is 0 Å². The number of benzene rings is 1. The monoisotopic (exact) mass is 247 g/mol. The molecule has 0 fully saturated rings. The molecule has 0 saturated carbocycles. The predicted octanol–water partition coefficient (Wildman–Crippen LogP) is 2.72. The van der Waals surface area contributed by atoms with E-state index in [1.54, 1.807) is 13.8 Å². The van der Waals surface area contributed by atoms with Crippen molar-refractivity contribution in [1.82, 2.24) is 0 Å². The number of rotatable bonds is 3. The first-order chi connectivity index (χ1) is 7.68. The summed E-state index contributed by atoms with van der Waals surface area (Å²) < 4.78 is 37.6. The van der Waals surface area contributed by atoms with Gasteiger partial charge < -0.3 is 10.8 Å². The summed E-state index contributed by atoms with van der Waals surface area (Å²) in [5, 5.41) is 9.15. The molecule has 0 aliphatic heterocycles. The summed E-state index contributed by atoms with van der Waals surface area (Å²) in [5.74, 6) is 0. The van der Waals surface area contributed by atoms with E-state index >= 15 is 0 Å². The SMILES string of the molecule is CC(C)(CO)[C@H](N)c1cccc(C(F)(F)F)c1. The van der Waals surface area contributed by atoms with Gasteiger partial charge in [0, 0.05) is 18.1 Å². The average molecular weight is 247 g/mol. The third-order valence-electron chi connectivity index (χ3n) is 2.82. The Hall–Kier alpha value is -1.07. The van der Waals surface area contributed by atoms with Crippen LogP contribution in [0.2, 0.25) is 0 Å². The van der Waals surface area contributed by atoms with Crippen LogP contribution in [-0.4, -0.2) is 11.7 Å². The fraction of sp³-hybridized carbons (Fsp3) is 0.500. The van der Waals surface area contributed by atoms with E-state index in [2.05, 4.69) is 0 Å². The van der Waals surface area contributed by atoms with E-state index < -0.39 is 23.2 Å². The number of hydrogen-bond acceptors (Lipinski definition) is 2. The Morgan fingerprint density at radius 2 is 1.88 bits per heavy atom. The van der Waals surface area contributed by atoms with Gasteiger partial charge in [0.15, 0.2) is 0 Å². The van der Waals surface area contributed by atoms with Gasteiger partial charge in [-0.2, -0.15) is 13.2 Å². The van der Waals surface area contributed by atoms with Crippen molar-refractivity contribution >= 4 is 0 Å². The van der Waals surface area contributed by atoms with E-state index in [1.807, 2.05) is 0 Å². The second-order valence-corrected chi connectivity index (χ2v) is 4.75. The van der Waals surface area contributed by atoms with Gasteiger partial charge in [0.25, 0.3) is 0 Å². The van der Waals surface area contributed by atoms with E-state index in [4.69, 9.17) is 10.8 Å². The topological polar surface area (TPSA) is 46.2 Å². The largest absolute Gasteiger partial charge is 0.416 e. The standard InChI is InChI=1S/C12H16F3NO/c1-11(2,7-17)10(16)8-4-3-5-9(6-8)12(13,14)15/h3-6,10,17H,7,16H2,1-2H3/t10-/m1/s1. The third-order valence-corrected chi connectivity index (χ3v) is 2.82. The van der Waals surface area contributed by atoms with Gasteiger partial charge in [0.05, 0.1) is 5.56 Å². The number of hydrogen-bond donors (Lipinski definition) is 2. The molecule has 1 atom stereocenters. The third kappa shape index (κ3) is 3.20. The van der Waals surface area contributed by atoms with Crippen molar-refractivity contribution in [2.45, 2.75) is 26.1 Å². The lowest BCUT2D eigenvalue weighted by molar-refractivity contribution is -0.137. The van der Waals surface area contributed by atoms with E-state index in [1.165, 1.54) is 12.1 Å². The van der Waals surface area contributed by atoms with Crippen LogP contribution in [-0.2, 0) is 6.18 Å². The summed E-state index contributed by atoms with van der Waals surface area (Å²) in [6.45, 7) is 3.22. The second kappa shape index (κ2) is 4.66. The molecule has 0 unspecified atom stereocenters. The number of nitrogens with two attached hydrogens (primary N) is 1. The van der Waals surface area contributed by atoms with Crippen molar-refractivity contribution < 1.29 is 18.3 Å². The molecule has 96 valence electrons. The highest BCUT2D eigenvalue weighted by Crippen LogP contribution is 2.34. The van der Waals surface area contributed by atoms with Gasteiger partial charge in [-0.15, -0.1) is 0 Å². The van der Waals surface area contributed by atoms with E-state index in [9.17, 15) is 13.2 Å². The van der Waals surface area contributed by atoms with Crippen LogP contribution in [0.1, 0.15) is 31.0 Å². The van der Waals surface area contributed by atoms with Crippen LogP contribution < -0.4 is 5.73 Å². The first-order valence-electron chi connectivity index (χ1n) is 5.22. The lowest BCUT2D eigenvalue weighted by atomic mass is 9.81. The molecular formula is C12H16F3NO. The summed E-state index contributed by atoms with van der Waals surface area (Å²) in [6, 6.07) is 4.25. The lowest BCUT2D eigenvalue weighted by Crippen LogP contribution is -2.32. The van der Waals surface area contributed by atoms with Crippen molar-refractivity contribution in [3.8, 4) is 0 Å². The minimum atomic E-state index is -4.38. The van der Waals surface area contributed by atoms with Crippen LogP contribution >= 0.6 is 0 Å². The summed E-state index contributed by atoms with van der Waals surface area (Å²) in [7, 11) is 0. The Morgan fingerprint density at radius 3 is 2.35 bits per heavy atom. The quantitative estimate of drug-likeness (QED) is 0.862. The summed E-state index contributed by atoms with van der Waals surface area (Å²) in [6.07, 6.45) is -4.38. The van der Waals surface area contributed by atoms with E-state index in [-0.39, 0.29) is 6.61 Å². The van der Waals surface area contributed by atoms with E-state index in [0.717, 1.165) is 12.1 Å². The molecular weight excluding hydrogens is 231 g/mol. The van der Waals surface area contributed by atoms with Crippen molar-refractivity contribution in [1.29, 1.82) is 0 Å². The molecule has 1 aromatic rings. The molecule has 0 amide bonds. The molecule has 0 aliphatic carbocycles. The highest BCUT2D eigenvalue weighted by molar-refractivity contribution is 5.28. The number of alkyl halides is 3. The fourth-order valence-corrected chi connectivity index (χ4v) is 1.46. The molecule has 17 heavy (non-hydrogen) atoms. The predicted molar refractivity (Wildman–Crippen MR) is 59.2 cm³/mol. The van der Waals surface area contributed by atoms with Crippen molar-refractivity contribution in [2.75, 3.05) is 6.61 Å². The van der Waals surface area contributed by atoms with Crippen LogP contribution in [0, 0.1) is 5.41 Å². The van der Waals surface area contributed by atoms with Gasteiger partial charge in [-0.1, -0.05) is 26.0 Å². The first-order valence-corrected chi connectivity index (χ1v) is 5.22. The molecule has 0 saturated heterocycles. The van der Waals surface area contributed by atoms with Gasteiger partial charge in [0.2, 0.25) is 0 Å². The van der Waals surface area contributed by atoms with Crippen LogP contribution in [0.3, 0.4) is 0 Å². The maximum atomic E-state index is 12.5. The Labute approximate surface area is 98.3 Å². The molecule has 0 radical (unpaired) electrons. The zero-order valence-electron chi connectivity index (χ0n) is 9.75. The van der Waals surface area contributed by atoms with Crippen LogP contribution in [0.15, 0.2) is 24.3 Å². The van der Waals surface area contributed by atoms with Gasteiger partial charge in [-0.25, -0.2) is 0 Å². The highest BCUT2D eigenvalue weighted by Gasteiger charge is 2.32. The Bertz CT molecular complexity index is 388. The zero-order chi connectivity index (χ0) is 13.3. The zero-order valence-corrected chi connectivity index (χ0v) is 9.75. The Balaban J connectivity index is 3.08. The maximum Gasteiger partial charge on any atom is 0.416 e. The lowest BCUT2D eigenvalue weighted by Gasteiger charge is -2.30. The fourth-order valence-electron chi connectivity index (χ4n) is 1.46. The van der Waals surface area contributed by atoms with Crippen molar-refractivity contribution in [3.05, 3.63) is 35.4 Å². The smallest absolute Gasteiger partial charge is 0.396 e. The normalized spacial score (nSPS) is 14.8. The molecule has 3 N–H and O–H groups in total. The molecule has 0 spiro atoms. The molecule has 2 nitrogen and oxygen atoms in total. The first kappa shape index (κ1) is 14.0. The van der Waals surface area contributed by atoms with Crippen molar-refractivity contribution in [3.63, 3.8) is 0 Å². The number of aliphatic hydroxyl groups is 1. The molecule has 0 aromatic heterocycles. The molecule has 0 bridgehead atoms. The Morgan fingerprint density at radius 1 is 1.29 bits per heavy atom. The molecule has 0 heterocycles. The number of halogens is 3. The minimum absolute atomic E-state index is 0.190. The Kier molecular flexibility index (Phi) is 3.84. The van der Waals surface area contributed by atoms with Gasteiger partial charge in [0.1, 0.15) is 0 Å². The van der Waals surface area contributed by atoms with Crippen LogP contribution in [0.25, 0.3) is 0 Å². The maximum absolute atomic E-state index is 12.5. The minimum Gasteiger partial charge on any atom is -0.396 e. The van der Waals surface area contributed by atoms with Crippen LogP contribution in [0.5, 0.6) is 0 Å². The molecule has 1 aromatic carbocycles. The van der Waals surface area contributed by atoms with Gasteiger partial charge in [-0.05, 0) is 17.7 Å². The molecule has 5 heteroatoms. The summed E-state index contributed by atoms with van der Waals surface area (Å²) >= 11 is 0. The second-order valence-electron chi connectivity index (χ2n) is 4.75. The number of aliphatic hydroxyl groups excluding tert-OH is 1. The van der Waals surface area contributed by atoms with Gasteiger partial charge >= 0.3 is 6.18 Å². The summed E-state index contributed by atoms with van der Waals surface area (Å²) in [4.78, 5) is 0. The summed E-state index contributed by atoms with van der Waals surface area (Å²) in [5.41, 5.74) is 4.86. The highest BCUT2D eigenvalue weighted by atomic mass is 19.4. The molecule has 0 aliphatic rings. The van der Waals surface area contributed by atoms with E-state index in [0.29, 0.717) is 5.56 Å². The molecule has 1 rings (SSSR count). The van der Waals surface area contributed by atoms with Crippen molar-refractivity contribution in [2.24, 2.45) is 11.1 Å². The van der Waals surface area contributed by atoms with Crippen LogP contribution in [0.4, 0.5) is 13.2 Å². The average Bonchev–Trinajstić information content (AvgIpc) is 2.27.